The quantitative estimate of drug-likeness (QED) is 0.0744. The van der Waals surface area contributed by atoms with Crippen LogP contribution in [0.4, 0.5) is 5.69 Å². The van der Waals surface area contributed by atoms with Crippen molar-refractivity contribution in [1.82, 2.24) is 4.58 Å². The summed E-state index contributed by atoms with van der Waals surface area (Å²) >= 11 is 0. The summed E-state index contributed by atoms with van der Waals surface area (Å²) in [6, 6.07) is 20.7. The summed E-state index contributed by atoms with van der Waals surface area (Å²) in [4.78, 5) is 13.4. The summed E-state index contributed by atoms with van der Waals surface area (Å²) in [5, 5.41) is 10.6. The average molecular weight is 762 g/mol. The first-order valence-electron chi connectivity index (χ1n) is 17.7. The highest BCUT2D eigenvalue weighted by Crippen LogP contribution is 2.51. The van der Waals surface area contributed by atoms with Gasteiger partial charge in [0.1, 0.15) is 24.6 Å². The van der Waals surface area contributed by atoms with E-state index in [4.69, 9.17) is 8.60 Å². The van der Waals surface area contributed by atoms with Gasteiger partial charge in [-0.3, -0.25) is 9.35 Å². The molecule has 0 aromatic heterocycles. The van der Waals surface area contributed by atoms with E-state index in [1.54, 1.807) is 6.07 Å². The molecule has 12 heteroatoms. The highest BCUT2D eigenvalue weighted by molar-refractivity contribution is 7.95. The molecule has 0 radical (unpaired) electrons. The lowest BCUT2D eigenvalue weighted by atomic mass is 9.77. The fourth-order valence-corrected chi connectivity index (χ4v) is 8.49. The molecule has 2 aliphatic heterocycles. The van der Waals surface area contributed by atoms with Gasteiger partial charge in [-0.15, -0.1) is 0 Å². The van der Waals surface area contributed by atoms with Crippen LogP contribution in [0.15, 0.2) is 93.9 Å². The second-order valence-electron chi connectivity index (χ2n) is 13.5. The van der Waals surface area contributed by atoms with E-state index in [0.29, 0.717) is 31.4 Å². The molecule has 0 amide bonds. The monoisotopic (exact) mass is 761 g/mol. The Bertz CT molecular complexity index is 2300. The summed E-state index contributed by atoms with van der Waals surface area (Å²) in [6.45, 7) is 10.4. The summed E-state index contributed by atoms with van der Waals surface area (Å²) in [5.74, 6) is 4.48. The van der Waals surface area contributed by atoms with Gasteiger partial charge in [0, 0.05) is 58.3 Å². The van der Waals surface area contributed by atoms with Crippen LogP contribution in [0.1, 0.15) is 63.1 Å². The number of fused-ring (bicyclic) bond motifs is 2. The van der Waals surface area contributed by atoms with Gasteiger partial charge in [-0.25, -0.2) is 8.78 Å². The fraction of sp³-hybridized carbons (Fsp3) is 0.341. The Labute approximate surface area is 313 Å². The average Bonchev–Trinajstić information content (AvgIpc) is 3.35. The third-order valence-electron chi connectivity index (χ3n) is 10.1. The normalized spacial score (nSPS) is 17.8. The number of allylic oxidation sites excluding steroid dienone is 3. The Morgan fingerprint density at radius 2 is 1.75 bits per heavy atom. The molecule has 2 N–H and O–H groups in total. The van der Waals surface area contributed by atoms with Crippen LogP contribution in [0.3, 0.4) is 0 Å². The predicted octanol–water partition coefficient (Wildman–Crippen LogP) is 7.02. The number of carbonyl (C=O) groups is 1. The SMILES string of the molecule is C=S(=O)(CCCN1C(=CC=Cc2c3ccc(=[N+](CC)CC)cc-3oc(-c3ccccc3)c2C)C(C)(CCCC(=O)O)c2cc(S(=O)(=O)O)ccc21)OC. The van der Waals surface area contributed by atoms with Crippen LogP contribution in [0.2, 0.25) is 0 Å². The Hall–Kier alpha value is -4.49. The molecule has 3 aliphatic rings. The molecule has 0 saturated heterocycles. The van der Waals surface area contributed by atoms with Crippen LogP contribution in [-0.2, 0) is 34.3 Å². The Balaban J connectivity index is 1.70. The molecule has 0 saturated carbocycles. The van der Waals surface area contributed by atoms with Crippen molar-refractivity contribution in [3.63, 3.8) is 0 Å². The predicted molar refractivity (Wildman–Crippen MR) is 213 cm³/mol. The van der Waals surface area contributed by atoms with Gasteiger partial charge in [-0.05, 0) is 94.3 Å². The molecule has 53 heavy (non-hydrogen) atoms. The standard InChI is InChI=1S/C41H48N2O8S2/c1-7-42(8-2)31-20-22-34-33(29(3)40(51-37(34)27-31)30-15-10-9-11-16-30)17-12-18-38-41(4,24-13-19-39(44)45)35-28-32(53(47,48)49)21-23-36(35)43(38)25-14-26-52(6,46)50-5/h9-12,15-18,20-23,27-28H,6-8,13-14,19,24-26H2,1-5H3,(H-,44,45,47,48,49)/p+1. The number of hydrogen-bond donors (Lipinski definition) is 2. The molecule has 2 unspecified atom stereocenters. The van der Waals surface area contributed by atoms with Crippen molar-refractivity contribution in [2.45, 2.75) is 63.7 Å². The largest absolute Gasteiger partial charge is 0.481 e. The molecule has 2 aromatic rings. The third-order valence-corrected chi connectivity index (χ3v) is 12.5. The first-order chi connectivity index (χ1) is 25.1. The number of nitrogens with zero attached hydrogens (tertiary/aromatic N) is 2. The van der Waals surface area contributed by atoms with Crippen molar-refractivity contribution in [2.24, 2.45) is 0 Å². The number of carboxylic acids is 1. The fourth-order valence-electron chi connectivity index (χ4n) is 7.24. The van der Waals surface area contributed by atoms with Gasteiger partial charge in [0.2, 0.25) is 5.36 Å². The maximum atomic E-state index is 12.7. The van der Waals surface area contributed by atoms with E-state index in [0.717, 1.165) is 63.6 Å². The van der Waals surface area contributed by atoms with E-state index in [2.05, 4.69) is 47.4 Å². The number of benzene rings is 3. The lowest BCUT2D eigenvalue weighted by molar-refractivity contribution is -0.137. The molecule has 5 rings (SSSR count). The number of carboxylic acid groups (broad SMARTS) is 1. The molecule has 2 aromatic carbocycles. The number of aliphatic carboxylic acids is 1. The Kier molecular flexibility index (Phi) is 12.2. The van der Waals surface area contributed by atoms with Gasteiger partial charge >= 0.3 is 5.97 Å². The van der Waals surface area contributed by atoms with Crippen LogP contribution in [0.5, 0.6) is 0 Å². The maximum Gasteiger partial charge on any atom is 0.303 e. The number of hydrogen-bond acceptors (Lipinski definition) is 7. The van der Waals surface area contributed by atoms with E-state index in [9.17, 15) is 27.1 Å². The minimum Gasteiger partial charge on any atom is -0.481 e. The summed E-state index contributed by atoms with van der Waals surface area (Å²) in [7, 11) is -5.91. The van der Waals surface area contributed by atoms with Crippen LogP contribution >= 0.6 is 0 Å². The molecule has 1 aliphatic carbocycles. The van der Waals surface area contributed by atoms with Crippen molar-refractivity contribution in [3.05, 3.63) is 107 Å². The summed E-state index contributed by atoms with van der Waals surface area (Å²) in [6.07, 6.45) is 7.07. The molecule has 0 fully saturated rings. The van der Waals surface area contributed by atoms with E-state index in [1.165, 1.54) is 19.2 Å². The van der Waals surface area contributed by atoms with Crippen LogP contribution in [0.25, 0.3) is 28.7 Å². The van der Waals surface area contributed by atoms with Gasteiger partial charge in [0.15, 0.2) is 0 Å². The van der Waals surface area contributed by atoms with Gasteiger partial charge < -0.3 is 18.6 Å². The Morgan fingerprint density at radius 1 is 1.04 bits per heavy atom. The van der Waals surface area contributed by atoms with Crippen molar-refractivity contribution in [3.8, 4) is 22.6 Å². The van der Waals surface area contributed by atoms with E-state index in [1.807, 2.05) is 62.4 Å². The Morgan fingerprint density at radius 3 is 2.40 bits per heavy atom. The maximum absolute atomic E-state index is 12.7. The minimum atomic E-state index is -4.52. The highest BCUT2D eigenvalue weighted by atomic mass is 32.2. The second-order valence-corrected chi connectivity index (χ2v) is 17.1. The number of rotatable bonds is 15. The molecular weight excluding hydrogens is 713 g/mol. The molecule has 2 atom stereocenters. The number of anilines is 1. The van der Waals surface area contributed by atoms with Gasteiger partial charge in [-0.1, -0.05) is 42.5 Å². The lowest BCUT2D eigenvalue weighted by Crippen LogP contribution is -2.30. The van der Waals surface area contributed by atoms with Gasteiger partial charge in [-0.2, -0.15) is 8.42 Å². The third kappa shape index (κ3) is 8.67. The first kappa shape index (κ1) is 39.7. The van der Waals surface area contributed by atoms with Crippen molar-refractivity contribution < 1.29 is 35.7 Å². The van der Waals surface area contributed by atoms with E-state index in [-0.39, 0.29) is 17.1 Å². The van der Waals surface area contributed by atoms with Crippen molar-refractivity contribution in [1.29, 1.82) is 0 Å². The zero-order valence-electron chi connectivity index (χ0n) is 31.0. The topological polar surface area (TPSA) is 137 Å². The molecule has 2 heterocycles. The highest BCUT2D eigenvalue weighted by Gasteiger charge is 2.43. The van der Waals surface area contributed by atoms with Crippen LogP contribution < -0.4 is 14.8 Å². The molecular formula is C41H49N2O8S2+. The molecule has 0 bridgehead atoms. The molecule has 282 valence electrons. The van der Waals surface area contributed by atoms with Crippen molar-refractivity contribution in [2.75, 3.05) is 37.4 Å². The first-order valence-corrected chi connectivity index (χ1v) is 21.0. The second kappa shape index (κ2) is 16.3. The van der Waals surface area contributed by atoms with E-state index < -0.39 is 31.3 Å². The summed E-state index contributed by atoms with van der Waals surface area (Å²) < 4.78 is 61.3. The van der Waals surface area contributed by atoms with Crippen LogP contribution in [0, 0.1) is 6.92 Å². The van der Waals surface area contributed by atoms with Crippen LogP contribution in [-0.4, -0.2) is 66.6 Å². The molecule has 0 spiro atoms. The zero-order valence-corrected chi connectivity index (χ0v) is 32.6. The van der Waals surface area contributed by atoms with Gasteiger partial charge in [0.05, 0.1) is 27.9 Å². The smallest absolute Gasteiger partial charge is 0.303 e. The zero-order chi connectivity index (χ0) is 38.6. The minimum absolute atomic E-state index is 0.0696. The van der Waals surface area contributed by atoms with Gasteiger partial charge in [0.25, 0.3) is 10.1 Å². The van der Waals surface area contributed by atoms with Crippen molar-refractivity contribution >= 4 is 43.5 Å². The summed E-state index contributed by atoms with van der Waals surface area (Å²) in [5.41, 5.74) is 5.15. The lowest BCUT2D eigenvalue weighted by Gasteiger charge is -2.30. The molecule has 10 nitrogen and oxygen atoms in total. The van der Waals surface area contributed by atoms with E-state index >= 15 is 0 Å².